The molecule has 3 N–H and O–H groups in total. The van der Waals surface area contributed by atoms with E-state index in [1.807, 2.05) is 0 Å². The molecule has 5 heteroatoms. The summed E-state index contributed by atoms with van der Waals surface area (Å²) < 4.78 is 13.4. The molecule has 0 aliphatic carbocycles. The SMILES string of the molecule is NC(C(=O)O)C(F)c1ccc(Cl)cc1. The number of hydrogen-bond acceptors (Lipinski definition) is 2. The average molecular weight is 218 g/mol. The number of nitrogens with two attached hydrogens (primary N) is 1. The van der Waals surface area contributed by atoms with Crippen molar-refractivity contribution in [3.05, 3.63) is 34.9 Å². The summed E-state index contributed by atoms with van der Waals surface area (Å²) in [6.07, 6.45) is -1.72. The first-order chi connectivity index (χ1) is 6.52. The molecule has 0 saturated carbocycles. The van der Waals surface area contributed by atoms with Crippen molar-refractivity contribution in [2.45, 2.75) is 12.2 Å². The lowest BCUT2D eigenvalue weighted by Gasteiger charge is -2.12. The summed E-state index contributed by atoms with van der Waals surface area (Å²) in [5.74, 6) is -1.37. The standard InChI is InChI=1S/C9H9ClFNO2/c10-6-3-1-5(2-4-6)7(11)8(12)9(13)14/h1-4,7-8H,12H2,(H,13,14). The van der Waals surface area contributed by atoms with Crippen LogP contribution in [0.25, 0.3) is 0 Å². The van der Waals surface area contributed by atoms with Crippen LogP contribution in [0.15, 0.2) is 24.3 Å². The third-order valence-corrected chi connectivity index (χ3v) is 2.04. The Balaban J connectivity index is 2.84. The number of benzene rings is 1. The number of carboxylic acid groups (broad SMARTS) is 1. The molecule has 0 saturated heterocycles. The van der Waals surface area contributed by atoms with Crippen LogP contribution in [0, 0.1) is 0 Å². The molecule has 0 bridgehead atoms. The highest BCUT2D eigenvalue weighted by molar-refractivity contribution is 6.30. The molecule has 0 spiro atoms. The number of carboxylic acids is 1. The van der Waals surface area contributed by atoms with Crippen LogP contribution in [0.2, 0.25) is 5.02 Å². The Morgan fingerprint density at radius 1 is 1.43 bits per heavy atom. The number of halogens is 2. The Labute approximate surface area is 85.3 Å². The van der Waals surface area contributed by atoms with Crippen molar-refractivity contribution in [1.82, 2.24) is 0 Å². The summed E-state index contributed by atoms with van der Waals surface area (Å²) >= 11 is 5.59. The van der Waals surface area contributed by atoms with Crippen molar-refractivity contribution >= 4 is 17.6 Å². The molecular formula is C9H9ClFNO2. The number of carbonyl (C=O) groups is 1. The summed E-state index contributed by atoms with van der Waals surface area (Å²) in [4.78, 5) is 10.4. The quantitative estimate of drug-likeness (QED) is 0.811. The van der Waals surface area contributed by atoms with Crippen LogP contribution in [0.1, 0.15) is 11.7 Å². The third kappa shape index (κ3) is 2.43. The van der Waals surface area contributed by atoms with Gasteiger partial charge in [0.25, 0.3) is 0 Å². The van der Waals surface area contributed by atoms with Gasteiger partial charge in [-0.05, 0) is 17.7 Å². The van der Waals surface area contributed by atoms with Crippen LogP contribution in [0.3, 0.4) is 0 Å². The maximum Gasteiger partial charge on any atom is 0.323 e. The fourth-order valence-electron chi connectivity index (χ4n) is 0.979. The second kappa shape index (κ2) is 4.39. The van der Waals surface area contributed by atoms with Crippen molar-refractivity contribution < 1.29 is 14.3 Å². The topological polar surface area (TPSA) is 63.3 Å². The molecule has 2 unspecified atom stereocenters. The fourth-order valence-corrected chi connectivity index (χ4v) is 1.11. The lowest BCUT2D eigenvalue weighted by Crippen LogP contribution is -2.34. The van der Waals surface area contributed by atoms with Crippen LogP contribution in [0.5, 0.6) is 0 Å². The van der Waals surface area contributed by atoms with E-state index in [0.29, 0.717) is 5.02 Å². The molecule has 0 aromatic heterocycles. The van der Waals surface area contributed by atoms with E-state index in [1.165, 1.54) is 24.3 Å². The van der Waals surface area contributed by atoms with Crippen LogP contribution in [0.4, 0.5) is 4.39 Å². The van der Waals surface area contributed by atoms with Crippen LogP contribution < -0.4 is 5.73 Å². The Hall–Kier alpha value is -1.13. The number of rotatable bonds is 3. The van der Waals surface area contributed by atoms with Crippen molar-refractivity contribution in [2.75, 3.05) is 0 Å². The van der Waals surface area contributed by atoms with Gasteiger partial charge in [0.2, 0.25) is 0 Å². The molecule has 0 fully saturated rings. The molecule has 0 amide bonds. The molecule has 2 atom stereocenters. The highest BCUT2D eigenvalue weighted by Crippen LogP contribution is 2.22. The number of alkyl halides is 1. The van der Waals surface area contributed by atoms with E-state index in [1.54, 1.807) is 0 Å². The molecule has 0 heterocycles. The van der Waals surface area contributed by atoms with E-state index in [9.17, 15) is 9.18 Å². The number of aliphatic carboxylic acids is 1. The summed E-state index contributed by atoms with van der Waals surface area (Å²) in [7, 11) is 0. The summed E-state index contributed by atoms with van der Waals surface area (Å²) in [5, 5.41) is 8.94. The molecular weight excluding hydrogens is 209 g/mol. The Bertz CT molecular complexity index is 328. The number of hydrogen-bond donors (Lipinski definition) is 2. The largest absolute Gasteiger partial charge is 0.480 e. The lowest BCUT2D eigenvalue weighted by molar-refractivity contribution is -0.140. The lowest BCUT2D eigenvalue weighted by atomic mass is 10.0. The van der Waals surface area contributed by atoms with Gasteiger partial charge >= 0.3 is 5.97 Å². The fraction of sp³-hybridized carbons (Fsp3) is 0.222. The predicted octanol–water partition coefficient (Wildman–Crippen LogP) is 1.76. The Kier molecular flexibility index (Phi) is 3.43. The zero-order valence-corrected chi connectivity index (χ0v) is 7.91. The van der Waals surface area contributed by atoms with Gasteiger partial charge in [-0.15, -0.1) is 0 Å². The van der Waals surface area contributed by atoms with Gasteiger partial charge in [0.05, 0.1) is 0 Å². The van der Waals surface area contributed by atoms with Crippen molar-refractivity contribution in [1.29, 1.82) is 0 Å². The van der Waals surface area contributed by atoms with Gasteiger partial charge < -0.3 is 10.8 Å². The first-order valence-electron chi connectivity index (χ1n) is 3.90. The minimum absolute atomic E-state index is 0.212. The van der Waals surface area contributed by atoms with Gasteiger partial charge in [0.15, 0.2) is 6.17 Å². The van der Waals surface area contributed by atoms with E-state index in [0.717, 1.165) is 0 Å². The molecule has 0 aliphatic rings. The molecule has 0 aliphatic heterocycles. The van der Waals surface area contributed by atoms with Crippen molar-refractivity contribution in [3.8, 4) is 0 Å². The molecule has 76 valence electrons. The smallest absolute Gasteiger partial charge is 0.323 e. The second-order valence-electron chi connectivity index (χ2n) is 2.82. The molecule has 0 radical (unpaired) electrons. The minimum Gasteiger partial charge on any atom is -0.480 e. The third-order valence-electron chi connectivity index (χ3n) is 1.79. The van der Waals surface area contributed by atoms with E-state index in [4.69, 9.17) is 22.4 Å². The van der Waals surface area contributed by atoms with Gasteiger partial charge in [0, 0.05) is 5.02 Å². The zero-order chi connectivity index (χ0) is 10.7. The summed E-state index contributed by atoms with van der Waals surface area (Å²) in [6, 6.07) is 4.25. The highest BCUT2D eigenvalue weighted by Gasteiger charge is 2.25. The van der Waals surface area contributed by atoms with Crippen molar-refractivity contribution in [2.24, 2.45) is 5.73 Å². The molecule has 1 aromatic rings. The van der Waals surface area contributed by atoms with Gasteiger partial charge in [-0.25, -0.2) is 4.39 Å². The predicted molar refractivity (Wildman–Crippen MR) is 50.9 cm³/mol. The maximum absolute atomic E-state index is 13.4. The maximum atomic E-state index is 13.4. The van der Waals surface area contributed by atoms with Crippen molar-refractivity contribution in [3.63, 3.8) is 0 Å². The van der Waals surface area contributed by atoms with Gasteiger partial charge in [-0.3, -0.25) is 4.79 Å². The highest BCUT2D eigenvalue weighted by atomic mass is 35.5. The summed E-state index contributed by atoms with van der Waals surface area (Å²) in [5.41, 5.74) is 5.33. The van der Waals surface area contributed by atoms with E-state index in [-0.39, 0.29) is 5.56 Å². The summed E-state index contributed by atoms with van der Waals surface area (Å²) in [6.45, 7) is 0. The first-order valence-corrected chi connectivity index (χ1v) is 4.28. The van der Waals surface area contributed by atoms with Gasteiger partial charge in [-0.2, -0.15) is 0 Å². The van der Waals surface area contributed by atoms with Crippen LogP contribution >= 0.6 is 11.6 Å². The minimum atomic E-state index is -1.72. The molecule has 3 nitrogen and oxygen atoms in total. The van der Waals surface area contributed by atoms with E-state index in [2.05, 4.69) is 0 Å². The van der Waals surface area contributed by atoms with E-state index < -0.39 is 18.2 Å². The first kappa shape index (κ1) is 10.9. The average Bonchev–Trinajstić information content (AvgIpc) is 2.16. The monoisotopic (exact) mass is 217 g/mol. The second-order valence-corrected chi connectivity index (χ2v) is 3.25. The van der Waals surface area contributed by atoms with E-state index >= 15 is 0 Å². The normalized spacial score (nSPS) is 14.8. The van der Waals surface area contributed by atoms with Crippen LogP contribution in [-0.4, -0.2) is 17.1 Å². The Morgan fingerprint density at radius 2 is 1.93 bits per heavy atom. The zero-order valence-electron chi connectivity index (χ0n) is 7.15. The van der Waals surface area contributed by atoms with Gasteiger partial charge in [0.1, 0.15) is 6.04 Å². The Morgan fingerprint density at radius 3 is 2.36 bits per heavy atom. The molecule has 14 heavy (non-hydrogen) atoms. The van der Waals surface area contributed by atoms with Crippen LogP contribution in [-0.2, 0) is 4.79 Å². The molecule has 1 rings (SSSR count). The molecule has 1 aromatic carbocycles. The van der Waals surface area contributed by atoms with Gasteiger partial charge in [-0.1, -0.05) is 23.7 Å².